The van der Waals surface area contributed by atoms with E-state index in [1.54, 1.807) is 0 Å². The van der Waals surface area contributed by atoms with E-state index in [0.717, 1.165) is 0 Å². The topological polar surface area (TPSA) is 0 Å². The van der Waals surface area contributed by atoms with Crippen LogP contribution >= 0.6 is 23.2 Å². The van der Waals surface area contributed by atoms with Crippen LogP contribution in [0.5, 0.6) is 0 Å². The van der Waals surface area contributed by atoms with Gasteiger partial charge in [-0.25, -0.2) is 0 Å². The lowest BCUT2D eigenvalue weighted by molar-refractivity contribution is -0.107. The highest BCUT2D eigenvalue weighted by molar-refractivity contribution is 6.50. The maximum Gasteiger partial charge on any atom is 0.129 e. The predicted molar refractivity (Wildman–Crippen MR) is 147 cm³/mol. The van der Waals surface area contributed by atoms with Gasteiger partial charge in [-0.15, -0.1) is 23.2 Å². The van der Waals surface area contributed by atoms with Crippen LogP contribution in [0, 0.1) is 10.8 Å². The Morgan fingerprint density at radius 3 is 1.26 bits per heavy atom. The van der Waals surface area contributed by atoms with Crippen LogP contribution in [0.15, 0.2) is 48.5 Å². The summed E-state index contributed by atoms with van der Waals surface area (Å²) in [4.78, 5) is 0. The molecule has 5 rings (SSSR count). The van der Waals surface area contributed by atoms with Gasteiger partial charge in [0.2, 0.25) is 0 Å². The fraction of sp³-hybridized carbons (Fsp3) is 0.625. The Morgan fingerprint density at radius 1 is 0.618 bits per heavy atom. The van der Waals surface area contributed by atoms with Crippen molar-refractivity contribution in [2.45, 2.75) is 113 Å². The van der Waals surface area contributed by atoms with Gasteiger partial charge < -0.3 is 0 Å². The minimum atomic E-state index is -0.550. The highest BCUT2D eigenvalue weighted by Gasteiger charge is 2.72. The average Bonchev–Trinajstić information content (AvgIpc) is 2.86. The van der Waals surface area contributed by atoms with E-state index in [1.165, 1.54) is 106 Å². The molecule has 0 heterocycles. The van der Waals surface area contributed by atoms with Gasteiger partial charge in [0.25, 0.3) is 0 Å². The Kier molecular flexibility index (Phi) is 7.13. The number of hydrogen-bond donors (Lipinski definition) is 0. The van der Waals surface area contributed by atoms with E-state index >= 15 is 0 Å². The van der Waals surface area contributed by atoms with Gasteiger partial charge in [0.05, 0.1) is 0 Å². The van der Waals surface area contributed by atoms with Crippen molar-refractivity contribution < 1.29 is 0 Å². The predicted octanol–water partition coefficient (Wildman–Crippen LogP) is 10.2. The molecule has 34 heavy (non-hydrogen) atoms. The van der Waals surface area contributed by atoms with Gasteiger partial charge in [0, 0.05) is 10.8 Å². The molecule has 0 bridgehead atoms. The molecule has 0 radical (unpaired) electrons. The SMILES string of the molecule is CCCc1ccc(C2CCC3(CC2)CC2(CCC(c4ccc(CCC)cc4)CC2)C3(Cl)Cl)cc1. The van der Waals surface area contributed by atoms with Gasteiger partial charge in [0.1, 0.15) is 4.33 Å². The monoisotopic (exact) mass is 496 g/mol. The Balaban J connectivity index is 1.18. The van der Waals surface area contributed by atoms with Crippen LogP contribution in [0.3, 0.4) is 0 Å². The zero-order chi connectivity index (χ0) is 23.8. The first-order valence-corrected chi connectivity index (χ1v) is 14.7. The molecule has 3 aliphatic carbocycles. The number of hydrogen-bond acceptors (Lipinski definition) is 0. The lowest BCUT2D eigenvalue weighted by atomic mass is 9.43. The lowest BCUT2D eigenvalue weighted by Gasteiger charge is -2.69. The molecule has 0 aliphatic heterocycles. The molecule has 2 heteroatoms. The summed E-state index contributed by atoms with van der Waals surface area (Å²) in [6.07, 6.45) is 15.7. The minimum Gasteiger partial charge on any atom is -0.100 e. The maximum atomic E-state index is 7.34. The molecule has 2 spiro atoms. The molecule has 3 fully saturated rings. The Morgan fingerprint density at radius 2 is 0.971 bits per heavy atom. The molecule has 0 nitrogen and oxygen atoms in total. The second-order valence-electron chi connectivity index (χ2n) is 11.8. The first-order valence-electron chi connectivity index (χ1n) is 14.0. The molecule has 0 amide bonds. The van der Waals surface area contributed by atoms with Crippen LogP contribution in [0.1, 0.15) is 119 Å². The van der Waals surface area contributed by atoms with Crippen molar-refractivity contribution in [1.29, 1.82) is 0 Å². The van der Waals surface area contributed by atoms with Crippen molar-refractivity contribution in [1.82, 2.24) is 0 Å². The van der Waals surface area contributed by atoms with Gasteiger partial charge >= 0.3 is 0 Å². The van der Waals surface area contributed by atoms with E-state index in [4.69, 9.17) is 23.2 Å². The number of halogens is 2. The summed E-state index contributed by atoms with van der Waals surface area (Å²) in [5.41, 5.74) is 6.25. The van der Waals surface area contributed by atoms with E-state index in [0.29, 0.717) is 11.8 Å². The van der Waals surface area contributed by atoms with Crippen LogP contribution in [0.2, 0.25) is 0 Å². The molecule has 184 valence electrons. The summed E-state index contributed by atoms with van der Waals surface area (Å²) < 4.78 is -0.550. The van der Waals surface area contributed by atoms with Crippen molar-refractivity contribution >= 4 is 23.2 Å². The van der Waals surface area contributed by atoms with Crippen molar-refractivity contribution in [3.63, 3.8) is 0 Å². The zero-order valence-corrected chi connectivity index (χ0v) is 22.7. The van der Waals surface area contributed by atoms with Gasteiger partial charge in [-0.3, -0.25) is 0 Å². The lowest BCUT2D eigenvalue weighted by Crippen LogP contribution is -2.66. The molecule has 0 aromatic heterocycles. The molecule has 0 atom stereocenters. The van der Waals surface area contributed by atoms with Crippen LogP contribution < -0.4 is 0 Å². The molecule has 0 N–H and O–H groups in total. The van der Waals surface area contributed by atoms with Crippen molar-refractivity contribution in [2.24, 2.45) is 10.8 Å². The number of benzene rings is 2. The van der Waals surface area contributed by atoms with Gasteiger partial charge in [-0.05, 0) is 105 Å². The van der Waals surface area contributed by atoms with Crippen LogP contribution in [0.25, 0.3) is 0 Å². The van der Waals surface area contributed by atoms with Crippen molar-refractivity contribution in [3.05, 3.63) is 70.8 Å². The van der Waals surface area contributed by atoms with Crippen molar-refractivity contribution in [2.75, 3.05) is 0 Å². The van der Waals surface area contributed by atoms with E-state index in [9.17, 15) is 0 Å². The number of alkyl halides is 2. The van der Waals surface area contributed by atoms with E-state index in [-0.39, 0.29) is 10.8 Å². The van der Waals surface area contributed by atoms with Crippen molar-refractivity contribution in [3.8, 4) is 0 Å². The van der Waals surface area contributed by atoms with E-state index in [2.05, 4.69) is 62.4 Å². The Hall–Kier alpha value is -0.980. The third-order valence-corrected chi connectivity index (χ3v) is 11.5. The molecular formula is C32H42Cl2. The minimum absolute atomic E-state index is 0.142. The maximum absolute atomic E-state index is 7.34. The fourth-order valence-corrected chi connectivity index (χ4v) is 8.83. The molecule has 3 aliphatic rings. The molecule has 3 saturated carbocycles. The summed E-state index contributed by atoms with van der Waals surface area (Å²) in [5.74, 6) is 1.35. The quantitative estimate of drug-likeness (QED) is 0.348. The Bertz CT molecular complexity index is 862. The molecule has 2 aromatic carbocycles. The largest absolute Gasteiger partial charge is 0.129 e. The summed E-state index contributed by atoms with van der Waals surface area (Å²) in [5, 5.41) is 0. The van der Waals surface area contributed by atoms with E-state index in [1.807, 2.05) is 0 Å². The first kappa shape index (κ1) is 24.7. The van der Waals surface area contributed by atoms with Crippen LogP contribution in [-0.4, -0.2) is 4.33 Å². The summed E-state index contributed by atoms with van der Waals surface area (Å²) in [7, 11) is 0. The molecule has 0 unspecified atom stereocenters. The smallest absolute Gasteiger partial charge is 0.100 e. The summed E-state index contributed by atoms with van der Waals surface area (Å²) in [6.45, 7) is 4.50. The summed E-state index contributed by atoms with van der Waals surface area (Å²) >= 11 is 14.7. The standard InChI is InChI=1S/C32H42Cl2/c1-3-5-24-7-11-26(12-8-24)28-15-19-30(20-16-28)23-31(32(30,33)34)21-17-29(18-22-31)27-13-9-25(6-4-2)10-14-27/h7-14,28-29H,3-6,15-23H2,1-2H3. The van der Waals surface area contributed by atoms with E-state index < -0.39 is 4.33 Å². The average molecular weight is 498 g/mol. The number of aryl methyl sites for hydroxylation is 2. The zero-order valence-electron chi connectivity index (χ0n) is 21.2. The fourth-order valence-electron chi connectivity index (χ4n) is 7.80. The second kappa shape index (κ2) is 9.82. The van der Waals surface area contributed by atoms with Gasteiger partial charge in [0.15, 0.2) is 0 Å². The normalized spacial score (nSPS) is 32.6. The van der Waals surface area contributed by atoms with Gasteiger partial charge in [-0.2, -0.15) is 0 Å². The van der Waals surface area contributed by atoms with Crippen LogP contribution in [0.4, 0.5) is 0 Å². The van der Waals surface area contributed by atoms with Crippen LogP contribution in [-0.2, 0) is 12.8 Å². The molecule has 0 saturated heterocycles. The number of rotatable bonds is 6. The Labute approximate surface area is 217 Å². The first-order chi connectivity index (χ1) is 16.4. The molecular weight excluding hydrogens is 455 g/mol. The third-order valence-electron chi connectivity index (χ3n) is 9.87. The third kappa shape index (κ3) is 4.26. The van der Waals surface area contributed by atoms with Gasteiger partial charge in [-0.1, -0.05) is 75.2 Å². The highest BCUT2D eigenvalue weighted by atomic mass is 35.5. The highest BCUT2D eigenvalue weighted by Crippen LogP contribution is 2.77. The molecule has 2 aromatic rings. The summed E-state index contributed by atoms with van der Waals surface area (Å²) in [6, 6.07) is 18.9. The second-order valence-corrected chi connectivity index (χ2v) is 13.2.